The molecular weight excluding hydrogens is 1250 g/mol. The second-order valence-electron chi connectivity index (χ2n) is 24.0. The molecule has 1 atom stereocenters. The number of ether oxygens (including phenoxy) is 3. The number of carbonyl (C=O) groups excluding carboxylic acids is 3. The number of nitrogens with one attached hydrogen (secondary N) is 1. The van der Waals surface area contributed by atoms with Gasteiger partial charge in [0.1, 0.15) is 88.0 Å². The van der Waals surface area contributed by atoms with E-state index in [1.165, 1.54) is 37.2 Å². The predicted octanol–water partition coefficient (Wildman–Crippen LogP) is 12.7. The predicted molar refractivity (Wildman–Crippen MR) is 380 cm³/mol. The van der Waals surface area contributed by atoms with Crippen molar-refractivity contribution in [1.29, 1.82) is 0 Å². The third kappa shape index (κ3) is 14.5. The highest BCUT2D eigenvalue weighted by Crippen LogP contribution is 2.40. The molecule has 2 saturated heterocycles. The number of piperidine rings is 1. The summed E-state index contributed by atoms with van der Waals surface area (Å²) in [6, 6.07) is 52.5. The van der Waals surface area contributed by atoms with Crippen LogP contribution in [0.15, 0.2) is 221 Å². The number of para-hydroxylation sites is 3. The van der Waals surface area contributed by atoms with Crippen LogP contribution in [0, 0.1) is 0 Å². The molecule has 1 saturated carbocycles. The van der Waals surface area contributed by atoms with Crippen LogP contribution in [0.1, 0.15) is 63.1 Å². The number of carbonyl (C=O) groups is 3. The van der Waals surface area contributed by atoms with Crippen LogP contribution in [-0.2, 0) is 14.4 Å². The second-order valence-corrected chi connectivity index (χ2v) is 24.0. The molecule has 24 heteroatoms. The quantitative estimate of drug-likeness (QED) is 0.0653. The van der Waals surface area contributed by atoms with E-state index >= 15 is 0 Å². The highest BCUT2D eigenvalue weighted by molar-refractivity contribution is 6.00. The molecule has 0 spiro atoms. The van der Waals surface area contributed by atoms with Gasteiger partial charge in [0.2, 0.25) is 17.7 Å². The third-order valence-electron chi connectivity index (χ3n) is 17.7. The Balaban J connectivity index is 0.000000133. The molecule has 8 heterocycles. The fourth-order valence-electron chi connectivity index (χ4n) is 12.7. The molecule has 7 N–H and O–H groups in total. The monoisotopic (exact) mass is 1320 g/mol. The molecule has 12 aromatic rings. The van der Waals surface area contributed by atoms with Gasteiger partial charge in [0.05, 0.1) is 34.3 Å². The van der Waals surface area contributed by atoms with Gasteiger partial charge >= 0.3 is 0 Å². The fraction of sp³-hybridized carbons (Fsp3) is 0.200. The molecule has 3 aliphatic rings. The van der Waals surface area contributed by atoms with E-state index in [9.17, 15) is 14.4 Å². The van der Waals surface area contributed by atoms with E-state index in [-0.39, 0.29) is 41.9 Å². The summed E-state index contributed by atoms with van der Waals surface area (Å²) in [5.74, 6) is 5.45. The van der Waals surface area contributed by atoms with Gasteiger partial charge in [-0.3, -0.25) is 14.4 Å². The van der Waals surface area contributed by atoms with Gasteiger partial charge < -0.3 is 46.5 Å². The Morgan fingerprint density at radius 1 is 0.394 bits per heavy atom. The molecular formula is C75H72N18O6. The molecule has 0 bridgehead atoms. The lowest BCUT2D eigenvalue weighted by atomic mass is 9.91. The maximum atomic E-state index is 12.0. The molecule has 6 aromatic carbocycles. The van der Waals surface area contributed by atoms with Gasteiger partial charge in [-0.15, -0.1) is 0 Å². The normalized spacial score (nSPS) is 16.0. The second kappa shape index (κ2) is 29.6. The number of benzene rings is 6. The van der Waals surface area contributed by atoms with Gasteiger partial charge in [0, 0.05) is 48.9 Å². The lowest BCUT2D eigenvalue weighted by Crippen LogP contribution is -2.38. The van der Waals surface area contributed by atoms with Crippen molar-refractivity contribution in [2.24, 2.45) is 0 Å². The zero-order valence-corrected chi connectivity index (χ0v) is 54.2. The first-order valence-corrected chi connectivity index (χ1v) is 32.6. The van der Waals surface area contributed by atoms with E-state index in [1.807, 2.05) is 183 Å². The number of likely N-dealkylation sites (tertiary alicyclic amines) is 2. The van der Waals surface area contributed by atoms with Crippen LogP contribution in [0.25, 0.3) is 66.9 Å². The molecule has 2 aliphatic heterocycles. The van der Waals surface area contributed by atoms with Crippen molar-refractivity contribution < 1.29 is 28.6 Å². The average molecular weight is 1320 g/mol. The summed E-state index contributed by atoms with van der Waals surface area (Å²) in [5, 5.41) is 19.9. The average Bonchev–Trinajstić information content (AvgIpc) is 1.63. The van der Waals surface area contributed by atoms with Gasteiger partial charge in [0.15, 0.2) is 16.9 Å². The number of nitrogens with zero attached hydrogens (tertiary/aromatic N) is 14. The minimum absolute atomic E-state index is 0.00476. The van der Waals surface area contributed by atoms with Crippen LogP contribution in [0.2, 0.25) is 0 Å². The molecule has 24 nitrogen and oxygen atoms in total. The Morgan fingerprint density at radius 2 is 0.717 bits per heavy atom. The summed E-state index contributed by atoms with van der Waals surface area (Å²) < 4.78 is 23.5. The number of fused-ring (bicyclic) bond motifs is 3. The van der Waals surface area contributed by atoms with Gasteiger partial charge in [-0.1, -0.05) is 74.3 Å². The standard InChI is InChI=1S/C26H26N6O2.C25H24N6O2.C24H22N6O2/c1-2-22(33)30-18-10-12-19(13-11-18)32-26-23(25(27)28-16-29-26)24(31-32)17-8-14-21(15-9-17)34-20-6-4-3-5-7-20;1-2-21(32)30-14-12-18(13-15-30)31-25-22(24(26)27-16-28-25)23(29-31)17-8-10-20(11-9-17)33-19-6-4-3-5-7-19;1-2-20(31)29-13-12-17(14-29)30-24-21(23(25)26-15-27-24)22(28-30)16-8-10-19(11-9-16)32-18-6-4-3-5-7-18/h2-9,14-16,18-19H,1,10-13H2,(H,30,33)(H2,27,28,29);2-11,16,18H,1,12-15H2,(H2,26,27,28);2-11,15,17H,1,12-14H2,(H2,25,26,27)/t;;17-/m..1/s1. The number of nitrogens with two attached hydrogens (primary N) is 3. The highest BCUT2D eigenvalue weighted by atomic mass is 16.5. The highest BCUT2D eigenvalue weighted by Gasteiger charge is 2.32. The van der Waals surface area contributed by atoms with Crippen molar-refractivity contribution in [3.8, 4) is 68.3 Å². The molecule has 498 valence electrons. The Bertz CT molecular complexity index is 4860. The number of rotatable bonds is 16. The summed E-state index contributed by atoms with van der Waals surface area (Å²) >= 11 is 0. The summed E-state index contributed by atoms with van der Waals surface area (Å²) in [5.41, 5.74) is 25.7. The first-order chi connectivity index (χ1) is 48.4. The molecule has 0 unspecified atom stereocenters. The molecule has 3 amide bonds. The molecule has 99 heavy (non-hydrogen) atoms. The minimum Gasteiger partial charge on any atom is -0.457 e. The molecule has 0 radical (unpaired) electrons. The van der Waals surface area contributed by atoms with Crippen molar-refractivity contribution in [3.63, 3.8) is 0 Å². The van der Waals surface area contributed by atoms with Crippen molar-refractivity contribution in [2.75, 3.05) is 43.4 Å². The largest absolute Gasteiger partial charge is 0.457 e. The lowest BCUT2D eigenvalue weighted by Gasteiger charge is -2.31. The zero-order valence-electron chi connectivity index (χ0n) is 54.2. The summed E-state index contributed by atoms with van der Waals surface area (Å²) in [6.45, 7) is 13.2. The van der Waals surface area contributed by atoms with Crippen LogP contribution in [0.5, 0.6) is 34.5 Å². The Hall–Kier alpha value is -12.6. The summed E-state index contributed by atoms with van der Waals surface area (Å²) in [4.78, 5) is 65.2. The number of anilines is 3. The first kappa shape index (κ1) is 65.1. The number of amides is 3. The Labute approximate surface area is 570 Å². The first-order valence-electron chi connectivity index (χ1n) is 32.6. The smallest absolute Gasteiger partial charge is 0.246 e. The fourth-order valence-corrected chi connectivity index (χ4v) is 12.7. The van der Waals surface area contributed by atoms with Gasteiger partial charge in [-0.25, -0.2) is 43.9 Å². The maximum Gasteiger partial charge on any atom is 0.246 e. The van der Waals surface area contributed by atoms with Crippen molar-refractivity contribution in [2.45, 2.75) is 69.1 Å². The van der Waals surface area contributed by atoms with E-state index in [0.29, 0.717) is 66.0 Å². The number of hydrogen-bond donors (Lipinski definition) is 4. The Kier molecular flexibility index (Phi) is 19.4. The molecule has 1 aliphatic carbocycles. The van der Waals surface area contributed by atoms with Crippen LogP contribution >= 0.6 is 0 Å². The third-order valence-corrected chi connectivity index (χ3v) is 17.7. The summed E-state index contributed by atoms with van der Waals surface area (Å²) in [6.07, 6.45) is 14.2. The molecule has 6 aromatic heterocycles. The lowest BCUT2D eigenvalue weighted by molar-refractivity contribution is -0.127. The van der Waals surface area contributed by atoms with E-state index < -0.39 is 0 Å². The Morgan fingerprint density at radius 3 is 1.08 bits per heavy atom. The zero-order chi connectivity index (χ0) is 68.4. The van der Waals surface area contributed by atoms with Crippen molar-refractivity contribution in [1.82, 2.24) is 74.4 Å². The van der Waals surface area contributed by atoms with Crippen LogP contribution in [-0.4, -0.2) is 119 Å². The maximum absolute atomic E-state index is 12.0. The molecule has 3 fully saturated rings. The summed E-state index contributed by atoms with van der Waals surface area (Å²) in [7, 11) is 0. The van der Waals surface area contributed by atoms with Gasteiger partial charge in [0.25, 0.3) is 0 Å². The topological polar surface area (TPSA) is 306 Å². The van der Waals surface area contributed by atoms with Crippen LogP contribution < -0.4 is 36.7 Å². The van der Waals surface area contributed by atoms with E-state index in [4.69, 9.17) is 46.7 Å². The number of hydrogen-bond acceptors (Lipinski definition) is 18. The number of nitrogen functional groups attached to an aromatic ring is 3. The molecule has 15 rings (SSSR count). The SMILES string of the molecule is C=CC(=O)N1CCC(n2nc(-c3ccc(Oc4ccccc4)cc3)c3c(N)ncnc32)CC1.C=CC(=O)N1CC[C@@H](n2nc(-c3ccc(Oc4ccccc4)cc3)c3c(N)ncnc32)C1.C=CC(=O)NC1CCC(n2nc(-c3ccc(Oc4ccccc4)cc3)c3c(N)ncnc32)CC1. The van der Waals surface area contributed by atoms with E-state index in [0.717, 1.165) is 124 Å². The van der Waals surface area contributed by atoms with Gasteiger partial charge in [-0.05, 0) is 172 Å². The van der Waals surface area contributed by atoms with Crippen LogP contribution in [0.3, 0.4) is 0 Å². The van der Waals surface area contributed by atoms with Crippen molar-refractivity contribution >= 4 is 68.3 Å². The van der Waals surface area contributed by atoms with Crippen molar-refractivity contribution in [3.05, 3.63) is 221 Å². The van der Waals surface area contributed by atoms with Crippen LogP contribution in [0.4, 0.5) is 17.5 Å². The van der Waals surface area contributed by atoms with E-state index in [2.05, 4.69) is 55.0 Å². The number of aromatic nitrogens is 12. The minimum atomic E-state index is -0.129. The van der Waals surface area contributed by atoms with E-state index in [1.54, 1.807) is 4.90 Å². The van der Waals surface area contributed by atoms with Gasteiger partial charge in [-0.2, -0.15) is 15.3 Å².